The van der Waals surface area contributed by atoms with Crippen LogP contribution in [0.5, 0.6) is 0 Å². The van der Waals surface area contributed by atoms with Crippen molar-refractivity contribution in [2.24, 2.45) is 0 Å². The minimum absolute atomic E-state index is 1.05. The molecule has 0 aliphatic rings. The highest BCUT2D eigenvalue weighted by molar-refractivity contribution is 7.16. The van der Waals surface area contributed by atoms with Crippen LogP contribution in [0.25, 0.3) is 0 Å². The van der Waals surface area contributed by atoms with Crippen LogP contribution >= 0.6 is 11.1 Å². The average Bonchev–Trinajstić information content (AvgIpc) is 1.67. The molecule has 0 aromatic rings. The Hall–Kier alpha value is 0.467. The van der Waals surface area contributed by atoms with Gasteiger partial charge in [-0.05, 0) is 12.6 Å². The predicted molar refractivity (Wildman–Crippen MR) is 39.6 cm³/mol. The minimum atomic E-state index is -1.71. The highest BCUT2D eigenvalue weighted by Crippen LogP contribution is 2.16. The standard InChI is InChI=1S/C5H13ClOSi/c1-4-5-8(3,6)7-2/h4-5H2,1-3H3. The molecule has 0 spiro atoms. The molecule has 50 valence electrons. The van der Waals surface area contributed by atoms with E-state index in [9.17, 15) is 0 Å². The van der Waals surface area contributed by atoms with Gasteiger partial charge in [0, 0.05) is 7.11 Å². The quantitative estimate of drug-likeness (QED) is 0.446. The summed E-state index contributed by atoms with van der Waals surface area (Å²) in [6.07, 6.45) is 1.13. The fourth-order valence-corrected chi connectivity index (χ4v) is 2.21. The zero-order valence-electron chi connectivity index (χ0n) is 5.70. The topological polar surface area (TPSA) is 9.23 Å². The Morgan fingerprint density at radius 1 is 1.62 bits per heavy atom. The Balaban J connectivity index is 3.37. The molecule has 8 heavy (non-hydrogen) atoms. The molecule has 0 aliphatic heterocycles. The molecule has 0 bridgehead atoms. The van der Waals surface area contributed by atoms with Crippen LogP contribution in [0, 0.1) is 0 Å². The summed E-state index contributed by atoms with van der Waals surface area (Å²) in [6, 6.07) is 1.05. The first-order valence-corrected chi connectivity index (χ1v) is 6.49. The van der Waals surface area contributed by atoms with Crippen LogP contribution in [0.2, 0.25) is 12.6 Å². The van der Waals surface area contributed by atoms with Gasteiger partial charge in [-0.25, -0.2) is 0 Å². The smallest absolute Gasteiger partial charge is 0.286 e. The molecule has 1 nitrogen and oxygen atoms in total. The summed E-state index contributed by atoms with van der Waals surface area (Å²) in [5.41, 5.74) is 0. The zero-order valence-corrected chi connectivity index (χ0v) is 7.46. The number of hydrogen-bond acceptors (Lipinski definition) is 1. The van der Waals surface area contributed by atoms with Gasteiger partial charge >= 0.3 is 0 Å². The molecule has 1 atom stereocenters. The first-order valence-electron chi connectivity index (χ1n) is 2.86. The molecule has 0 N–H and O–H groups in total. The van der Waals surface area contributed by atoms with Crippen LogP contribution in [0.4, 0.5) is 0 Å². The average molecular weight is 153 g/mol. The van der Waals surface area contributed by atoms with Gasteiger partial charge in [0.25, 0.3) is 7.63 Å². The van der Waals surface area contributed by atoms with E-state index < -0.39 is 7.63 Å². The lowest BCUT2D eigenvalue weighted by Gasteiger charge is -2.14. The second kappa shape index (κ2) is 3.48. The van der Waals surface area contributed by atoms with E-state index in [1.165, 1.54) is 0 Å². The van der Waals surface area contributed by atoms with E-state index in [-0.39, 0.29) is 0 Å². The Bertz CT molecular complexity index is 65.4. The van der Waals surface area contributed by atoms with Gasteiger partial charge in [-0.1, -0.05) is 13.3 Å². The molecule has 0 saturated carbocycles. The summed E-state index contributed by atoms with van der Waals surface area (Å²) in [5, 5.41) is 0. The van der Waals surface area contributed by atoms with E-state index in [1.54, 1.807) is 7.11 Å². The van der Waals surface area contributed by atoms with Gasteiger partial charge in [0.05, 0.1) is 0 Å². The van der Waals surface area contributed by atoms with Crippen molar-refractivity contribution in [3.8, 4) is 0 Å². The molecular formula is C5H13ClOSi. The molecule has 0 aromatic carbocycles. The maximum Gasteiger partial charge on any atom is 0.286 e. The first kappa shape index (κ1) is 8.47. The van der Waals surface area contributed by atoms with Crippen molar-refractivity contribution in [2.75, 3.05) is 7.11 Å². The summed E-state index contributed by atoms with van der Waals surface area (Å²) < 4.78 is 5.08. The second-order valence-electron chi connectivity index (χ2n) is 2.06. The van der Waals surface area contributed by atoms with E-state index in [1.807, 2.05) is 6.55 Å². The third-order valence-corrected chi connectivity index (χ3v) is 4.40. The summed E-state index contributed by atoms with van der Waals surface area (Å²) in [5.74, 6) is 0. The van der Waals surface area contributed by atoms with Crippen molar-refractivity contribution < 1.29 is 4.43 Å². The van der Waals surface area contributed by atoms with Gasteiger partial charge < -0.3 is 4.43 Å². The van der Waals surface area contributed by atoms with Gasteiger partial charge in [0.2, 0.25) is 0 Å². The lowest BCUT2D eigenvalue weighted by Crippen LogP contribution is -2.24. The van der Waals surface area contributed by atoms with Crippen molar-refractivity contribution in [3.63, 3.8) is 0 Å². The highest BCUT2D eigenvalue weighted by Gasteiger charge is 2.22. The zero-order chi connectivity index (χ0) is 6.62. The van der Waals surface area contributed by atoms with E-state index in [0.717, 1.165) is 12.5 Å². The van der Waals surface area contributed by atoms with Gasteiger partial charge in [-0.15, -0.1) is 11.1 Å². The van der Waals surface area contributed by atoms with Crippen LogP contribution in [0.15, 0.2) is 0 Å². The summed E-state index contributed by atoms with van der Waals surface area (Å²) >= 11 is 5.94. The van der Waals surface area contributed by atoms with Crippen molar-refractivity contribution in [1.29, 1.82) is 0 Å². The van der Waals surface area contributed by atoms with Gasteiger partial charge in [-0.3, -0.25) is 0 Å². The maximum absolute atomic E-state index is 5.94. The number of hydrogen-bond donors (Lipinski definition) is 0. The van der Waals surface area contributed by atoms with Crippen LogP contribution < -0.4 is 0 Å². The van der Waals surface area contributed by atoms with E-state index in [2.05, 4.69) is 6.92 Å². The lowest BCUT2D eigenvalue weighted by molar-refractivity contribution is 0.415. The molecule has 0 aromatic heterocycles. The van der Waals surface area contributed by atoms with E-state index >= 15 is 0 Å². The third-order valence-electron chi connectivity index (χ3n) is 1.12. The largest absolute Gasteiger partial charge is 0.407 e. The molecule has 0 heterocycles. The number of halogens is 1. The molecular weight excluding hydrogens is 140 g/mol. The molecule has 0 aliphatic carbocycles. The Morgan fingerprint density at radius 2 is 2.12 bits per heavy atom. The molecule has 1 unspecified atom stereocenters. The SMILES string of the molecule is CCC[Si](C)(Cl)OC. The number of rotatable bonds is 3. The van der Waals surface area contributed by atoms with Crippen LogP contribution in [-0.2, 0) is 4.43 Å². The van der Waals surface area contributed by atoms with Crippen molar-refractivity contribution >= 4 is 18.7 Å². The summed E-state index contributed by atoms with van der Waals surface area (Å²) in [7, 11) is -0.0157. The summed E-state index contributed by atoms with van der Waals surface area (Å²) in [4.78, 5) is 0. The second-order valence-corrected chi connectivity index (χ2v) is 7.57. The molecule has 0 amide bonds. The normalized spacial score (nSPS) is 18.0. The van der Waals surface area contributed by atoms with Gasteiger partial charge in [0.1, 0.15) is 0 Å². The van der Waals surface area contributed by atoms with Crippen molar-refractivity contribution in [3.05, 3.63) is 0 Å². The Morgan fingerprint density at radius 3 is 2.25 bits per heavy atom. The van der Waals surface area contributed by atoms with Gasteiger partial charge in [0.15, 0.2) is 0 Å². The monoisotopic (exact) mass is 152 g/mol. The molecule has 0 saturated heterocycles. The van der Waals surface area contributed by atoms with Crippen molar-refractivity contribution in [1.82, 2.24) is 0 Å². The van der Waals surface area contributed by atoms with E-state index in [4.69, 9.17) is 15.5 Å². The highest BCUT2D eigenvalue weighted by atomic mass is 35.6. The third kappa shape index (κ3) is 3.47. The van der Waals surface area contributed by atoms with Gasteiger partial charge in [-0.2, -0.15) is 0 Å². The fourth-order valence-electron chi connectivity index (χ4n) is 0.549. The summed E-state index contributed by atoms with van der Waals surface area (Å²) in [6.45, 7) is 4.13. The molecule has 0 radical (unpaired) electrons. The van der Waals surface area contributed by atoms with Crippen LogP contribution in [0.3, 0.4) is 0 Å². The molecule has 0 fully saturated rings. The fraction of sp³-hybridized carbons (Fsp3) is 1.00. The predicted octanol–water partition coefficient (Wildman–Crippen LogP) is 2.35. The first-order chi connectivity index (χ1) is 3.62. The van der Waals surface area contributed by atoms with Crippen LogP contribution in [0.1, 0.15) is 13.3 Å². The van der Waals surface area contributed by atoms with E-state index in [0.29, 0.717) is 0 Å². The molecule has 3 heteroatoms. The van der Waals surface area contributed by atoms with Crippen molar-refractivity contribution in [2.45, 2.75) is 25.9 Å². The van der Waals surface area contributed by atoms with Crippen LogP contribution in [-0.4, -0.2) is 14.7 Å². The Kier molecular flexibility index (Phi) is 3.69. The molecule has 0 rings (SSSR count). The lowest BCUT2D eigenvalue weighted by atomic mass is 10.6. The minimum Gasteiger partial charge on any atom is -0.407 e. The maximum atomic E-state index is 5.94. The Labute approximate surface area is 56.8 Å².